The number of benzene rings is 2. The van der Waals surface area contributed by atoms with E-state index in [0.29, 0.717) is 17.0 Å². The lowest BCUT2D eigenvalue weighted by Gasteiger charge is -2.07. The molecule has 8 heteroatoms. The fourth-order valence-corrected chi connectivity index (χ4v) is 3.39. The molecule has 3 aromatic rings. The topological polar surface area (TPSA) is 72.0 Å². The van der Waals surface area contributed by atoms with Crippen molar-refractivity contribution in [3.63, 3.8) is 0 Å². The van der Waals surface area contributed by atoms with Crippen molar-refractivity contribution < 1.29 is 18.3 Å². The van der Waals surface area contributed by atoms with Crippen LogP contribution in [-0.4, -0.2) is 15.9 Å². The van der Waals surface area contributed by atoms with E-state index in [1.54, 1.807) is 24.3 Å². The van der Waals surface area contributed by atoms with E-state index in [4.69, 9.17) is 4.74 Å². The van der Waals surface area contributed by atoms with Gasteiger partial charge in [0, 0.05) is 23.6 Å². The number of aromatic nitrogens is 2. The molecule has 1 aromatic heterocycles. The Morgan fingerprint density at radius 1 is 1.14 bits per heavy atom. The van der Waals surface area contributed by atoms with Gasteiger partial charge in [-0.1, -0.05) is 37.2 Å². The summed E-state index contributed by atoms with van der Waals surface area (Å²) in [6.07, 6.45) is 1.64. The third-order valence-corrected chi connectivity index (χ3v) is 4.89. The zero-order chi connectivity index (χ0) is 20.8. The molecule has 1 N–H and O–H groups in total. The molecule has 5 nitrogen and oxygen atoms in total. The smallest absolute Gasteiger partial charge is 0.343 e. The van der Waals surface area contributed by atoms with E-state index < -0.39 is 17.6 Å². The lowest BCUT2D eigenvalue weighted by atomic mass is 10.1. The van der Waals surface area contributed by atoms with Crippen LogP contribution in [0.25, 0.3) is 0 Å². The van der Waals surface area contributed by atoms with Gasteiger partial charge < -0.3 is 9.72 Å². The van der Waals surface area contributed by atoms with Crippen molar-refractivity contribution in [1.29, 1.82) is 0 Å². The van der Waals surface area contributed by atoms with E-state index in [1.807, 2.05) is 6.92 Å². The summed E-state index contributed by atoms with van der Waals surface area (Å²) in [5, 5.41) is 0.538. The Hall–Kier alpha value is -3.00. The van der Waals surface area contributed by atoms with E-state index in [0.717, 1.165) is 36.2 Å². The summed E-state index contributed by atoms with van der Waals surface area (Å²) in [6.45, 7) is 2.02. The summed E-state index contributed by atoms with van der Waals surface area (Å²) in [5.74, 6) is -2.23. The number of carbonyl (C=O) groups is 1. The van der Waals surface area contributed by atoms with Crippen LogP contribution in [0.4, 0.5) is 8.78 Å². The minimum absolute atomic E-state index is 0.183. The number of halogens is 2. The number of hydrogen-bond donors (Lipinski definition) is 1. The van der Waals surface area contributed by atoms with Gasteiger partial charge in [0.1, 0.15) is 5.82 Å². The van der Waals surface area contributed by atoms with Crippen LogP contribution < -0.4 is 10.3 Å². The van der Waals surface area contributed by atoms with E-state index in [1.165, 1.54) is 17.8 Å². The molecule has 0 saturated heterocycles. The molecule has 2 aromatic carbocycles. The Labute approximate surface area is 170 Å². The maximum absolute atomic E-state index is 13.6. The Morgan fingerprint density at radius 3 is 2.59 bits per heavy atom. The molecule has 0 aliphatic rings. The number of H-pyrrole nitrogens is 1. The van der Waals surface area contributed by atoms with Crippen molar-refractivity contribution in [3.8, 4) is 5.75 Å². The van der Waals surface area contributed by atoms with Gasteiger partial charge in [-0.15, -0.1) is 0 Å². The first-order chi connectivity index (χ1) is 13.9. The summed E-state index contributed by atoms with van der Waals surface area (Å²) in [6, 6.07) is 10.8. The number of nitrogens with zero attached hydrogens (tertiary/aromatic N) is 1. The summed E-state index contributed by atoms with van der Waals surface area (Å²) in [5.41, 5.74) is 1.71. The molecule has 0 fully saturated rings. The maximum Gasteiger partial charge on any atom is 0.343 e. The van der Waals surface area contributed by atoms with Crippen LogP contribution in [0, 0.1) is 11.6 Å². The first-order valence-electron chi connectivity index (χ1n) is 8.94. The second kappa shape index (κ2) is 9.47. The second-order valence-corrected chi connectivity index (χ2v) is 7.21. The summed E-state index contributed by atoms with van der Waals surface area (Å²) in [4.78, 5) is 31.0. The van der Waals surface area contributed by atoms with Crippen molar-refractivity contribution >= 4 is 17.7 Å². The van der Waals surface area contributed by atoms with Gasteiger partial charge in [0.25, 0.3) is 5.56 Å². The fraction of sp³-hybridized carbons (Fsp3) is 0.190. The van der Waals surface area contributed by atoms with Crippen molar-refractivity contribution in [2.45, 2.75) is 30.7 Å². The minimum Gasteiger partial charge on any atom is -0.420 e. The van der Waals surface area contributed by atoms with Crippen LogP contribution in [0.15, 0.2) is 58.5 Å². The Kier molecular flexibility index (Phi) is 6.77. The molecule has 150 valence electrons. The molecule has 0 aliphatic heterocycles. The monoisotopic (exact) mass is 416 g/mol. The molecule has 0 bridgehead atoms. The predicted molar refractivity (Wildman–Crippen MR) is 106 cm³/mol. The molecule has 0 unspecified atom stereocenters. The standard InChI is InChI=1S/C21H18F2N2O3S/c1-2-3-16-11-19(26)25-21(24-16)29-12-13-4-6-14(7-5-13)20(27)28-18-9-8-15(22)10-17(18)23/h4-11H,2-3,12H2,1H3,(H,24,25,26). The number of aryl methyl sites for hydroxylation is 1. The van der Waals surface area contributed by atoms with Gasteiger partial charge in [-0.2, -0.15) is 0 Å². The van der Waals surface area contributed by atoms with Gasteiger partial charge in [0.2, 0.25) is 0 Å². The van der Waals surface area contributed by atoms with E-state index in [9.17, 15) is 18.4 Å². The predicted octanol–water partition coefficient (Wildman–Crippen LogP) is 4.51. The largest absolute Gasteiger partial charge is 0.420 e. The Balaban J connectivity index is 1.63. The Morgan fingerprint density at radius 2 is 1.90 bits per heavy atom. The third kappa shape index (κ3) is 5.74. The van der Waals surface area contributed by atoms with Gasteiger partial charge >= 0.3 is 5.97 Å². The summed E-state index contributed by atoms with van der Waals surface area (Å²) in [7, 11) is 0. The zero-order valence-corrected chi connectivity index (χ0v) is 16.4. The first kappa shape index (κ1) is 20.7. The highest BCUT2D eigenvalue weighted by Crippen LogP contribution is 2.21. The number of carbonyl (C=O) groups excluding carboxylic acids is 1. The van der Waals surface area contributed by atoms with Gasteiger partial charge in [-0.25, -0.2) is 18.6 Å². The molecule has 1 heterocycles. The quantitative estimate of drug-likeness (QED) is 0.266. The van der Waals surface area contributed by atoms with Crippen LogP contribution in [-0.2, 0) is 12.2 Å². The molecule has 0 aliphatic carbocycles. The molecular weight excluding hydrogens is 398 g/mol. The van der Waals surface area contributed by atoms with Gasteiger partial charge in [-0.3, -0.25) is 4.79 Å². The molecule has 0 radical (unpaired) electrons. The molecule has 0 atom stereocenters. The average molecular weight is 416 g/mol. The highest BCUT2D eigenvalue weighted by molar-refractivity contribution is 7.98. The molecule has 29 heavy (non-hydrogen) atoms. The number of esters is 1. The molecule has 0 spiro atoms. The second-order valence-electron chi connectivity index (χ2n) is 6.24. The number of rotatable bonds is 7. The molecular formula is C21H18F2N2O3S. The van der Waals surface area contributed by atoms with Crippen LogP contribution in [0.3, 0.4) is 0 Å². The van der Waals surface area contributed by atoms with Crippen molar-refractivity contribution in [3.05, 3.63) is 87.3 Å². The highest BCUT2D eigenvalue weighted by atomic mass is 32.2. The van der Waals surface area contributed by atoms with E-state index >= 15 is 0 Å². The zero-order valence-electron chi connectivity index (χ0n) is 15.6. The normalized spacial score (nSPS) is 10.7. The van der Waals surface area contributed by atoms with Crippen LogP contribution in [0.1, 0.15) is 35.0 Å². The molecule has 0 amide bonds. The van der Waals surface area contributed by atoms with Crippen molar-refractivity contribution in [1.82, 2.24) is 9.97 Å². The summed E-state index contributed by atoms with van der Waals surface area (Å²) < 4.78 is 31.5. The number of ether oxygens (including phenoxy) is 1. The van der Waals surface area contributed by atoms with Crippen molar-refractivity contribution in [2.75, 3.05) is 0 Å². The van der Waals surface area contributed by atoms with E-state index in [-0.39, 0.29) is 16.9 Å². The number of hydrogen-bond acceptors (Lipinski definition) is 5. The lowest BCUT2D eigenvalue weighted by molar-refractivity contribution is 0.0727. The number of nitrogens with one attached hydrogen (secondary N) is 1. The maximum atomic E-state index is 13.6. The van der Waals surface area contributed by atoms with Crippen LogP contribution in [0.2, 0.25) is 0 Å². The number of aromatic amines is 1. The Bertz CT molecular complexity index is 1070. The average Bonchev–Trinajstić information content (AvgIpc) is 2.69. The van der Waals surface area contributed by atoms with Gasteiger partial charge in [0.05, 0.1) is 5.56 Å². The third-order valence-electron chi connectivity index (χ3n) is 3.94. The summed E-state index contributed by atoms with van der Waals surface area (Å²) >= 11 is 1.38. The SMILES string of the molecule is CCCc1cc(=O)[nH]c(SCc2ccc(C(=O)Oc3ccc(F)cc3F)cc2)n1. The van der Waals surface area contributed by atoms with Crippen LogP contribution in [0.5, 0.6) is 5.75 Å². The fourth-order valence-electron chi connectivity index (χ4n) is 2.54. The highest BCUT2D eigenvalue weighted by Gasteiger charge is 2.13. The van der Waals surface area contributed by atoms with Crippen molar-refractivity contribution in [2.24, 2.45) is 0 Å². The molecule has 3 rings (SSSR count). The first-order valence-corrected chi connectivity index (χ1v) is 9.92. The van der Waals surface area contributed by atoms with Gasteiger partial charge in [0.15, 0.2) is 16.7 Å². The minimum atomic E-state index is -0.946. The lowest BCUT2D eigenvalue weighted by Crippen LogP contribution is -2.10. The van der Waals surface area contributed by atoms with E-state index in [2.05, 4.69) is 9.97 Å². The molecule has 0 saturated carbocycles. The van der Waals surface area contributed by atoms with Crippen LogP contribution >= 0.6 is 11.8 Å². The van der Waals surface area contributed by atoms with Gasteiger partial charge in [-0.05, 0) is 36.2 Å². The number of thioether (sulfide) groups is 1.